The van der Waals surface area contributed by atoms with E-state index in [-0.39, 0.29) is 5.56 Å². The summed E-state index contributed by atoms with van der Waals surface area (Å²) in [7, 11) is 1.64. The minimum absolute atomic E-state index is 0.119. The highest BCUT2D eigenvalue weighted by molar-refractivity contribution is 9.10. The van der Waals surface area contributed by atoms with Crippen LogP contribution in [0.3, 0.4) is 0 Å². The number of anilines is 1. The zero-order valence-corrected chi connectivity index (χ0v) is 12.4. The van der Waals surface area contributed by atoms with Crippen LogP contribution < -0.4 is 10.9 Å². The third-order valence-corrected chi connectivity index (χ3v) is 3.98. The molecule has 1 aromatic rings. The molecule has 1 heterocycles. The van der Waals surface area contributed by atoms with Gasteiger partial charge in [0.25, 0.3) is 5.56 Å². The first-order valence-corrected chi connectivity index (χ1v) is 6.78. The minimum Gasteiger partial charge on any atom is -0.380 e. The Bertz CT molecular complexity index is 426. The zero-order valence-electron chi connectivity index (χ0n) is 10.8. The van der Waals surface area contributed by atoms with E-state index in [1.807, 2.05) is 0 Å². The van der Waals surface area contributed by atoms with Gasteiger partial charge in [0, 0.05) is 13.1 Å². The molecule has 17 heavy (non-hydrogen) atoms. The van der Waals surface area contributed by atoms with Crippen LogP contribution in [0.1, 0.15) is 33.6 Å². The van der Waals surface area contributed by atoms with E-state index in [1.165, 1.54) is 4.68 Å². The minimum atomic E-state index is -0.119. The van der Waals surface area contributed by atoms with Crippen molar-refractivity contribution in [2.24, 2.45) is 13.0 Å². The molecule has 96 valence electrons. The van der Waals surface area contributed by atoms with Crippen LogP contribution in [0.25, 0.3) is 0 Å². The molecule has 0 radical (unpaired) electrons. The van der Waals surface area contributed by atoms with E-state index >= 15 is 0 Å². The van der Waals surface area contributed by atoms with Crippen LogP contribution in [0.4, 0.5) is 5.69 Å². The molecule has 1 atom stereocenters. The lowest BCUT2D eigenvalue weighted by molar-refractivity contribution is 0.437. The van der Waals surface area contributed by atoms with E-state index in [1.54, 1.807) is 13.2 Å². The number of hydrogen-bond donors (Lipinski definition) is 1. The standard InChI is InChI=1S/C12H20BrN3O/c1-5-9(6-2)8(3)15-10-7-14-16(4)12(17)11(10)13/h7-9,15H,5-6H2,1-4H3. The summed E-state index contributed by atoms with van der Waals surface area (Å²) < 4.78 is 1.87. The Kier molecular flexibility index (Phi) is 5.18. The molecule has 5 heteroatoms. The molecule has 1 aromatic heterocycles. The molecule has 0 aromatic carbocycles. The smallest absolute Gasteiger partial charge is 0.282 e. The van der Waals surface area contributed by atoms with Gasteiger partial charge < -0.3 is 5.32 Å². The molecule has 0 aliphatic carbocycles. The van der Waals surface area contributed by atoms with Crippen molar-refractivity contribution in [3.8, 4) is 0 Å². The molecule has 1 rings (SSSR count). The Morgan fingerprint density at radius 1 is 1.47 bits per heavy atom. The third kappa shape index (κ3) is 3.31. The van der Waals surface area contributed by atoms with Gasteiger partial charge in [-0.1, -0.05) is 26.7 Å². The van der Waals surface area contributed by atoms with E-state index < -0.39 is 0 Å². The van der Waals surface area contributed by atoms with Crippen LogP contribution in [0.5, 0.6) is 0 Å². The Morgan fingerprint density at radius 3 is 2.59 bits per heavy atom. The molecular weight excluding hydrogens is 282 g/mol. The molecule has 0 spiro atoms. The Hall–Kier alpha value is -0.840. The lowest BCUT2D eigenvalue weighted by Crippen LogP contribution is -2.28. The summed E-state index contributed by atoms with van der Waals surface area (Å²) in [5, 5.41) is 7.37. The maximum Gasteiger partial charge on any atom is 0.282 e. The molecular formula is C12H20BrN3O. The molecule has 0 amide bonds. The summed E-state index contributed by atoms with van der Waals surface area (Å²) in [6.07, 6.45) is 3.94. The number of halogens is 1. The average Bonchev–Trinajstić information content (AvgIpc) is 2.31. The number of nitrogens with zero attached hydrogens (tertiary/aromatic N) is 2. The number of aryl methyl sites for hydroxylation is 1. The monoisotopic (exact) mass is 301 g/mol. The summed E-state index contributed by atoms with van der Waals surface area (Å²) >= 11 is 3.32. The molecule has 0 saturated carbocycles. The van der Waals surface area contributed by atoms with Gasteiger partial charge >= 0.3 is 0 Å². The van der Waals surface area contributed by atoms with Gasteiger partial charge in [0.15, 0.2) is 0 Å². The number of rotatable bonds is 5. The van der Waals surface area contributed by atoms with Gasteiger partial charge in [-0.25, -0.2) is 4.68 Å². The first-order valence-electron chi connectivity index (χ1n) is 5.99. The van der Waals surface area contributed by atoms with Gasteiger partial charge in [0.05, 0.1) is 11.9 Å². The summed E-state index contributed by atoms with van der Waals surface area (Å²) in [6, 6.07) is 0.329. The second-order valence-corrected chi connectivity index (χ2v) is 5.10. The highest BCUT2D eigenvalue weighted by Crippen LogP contribution is 2.21. The molecule has 0 saturated heterocycles. The number of hydrogen-bond acceptors (Lipinski definition) is 3. The largest absolute Gasteiger partial charge is 0.380 e. The summed E-state index contributed by atoms with van der Waals surface area (Å²) in [6.45, 7) is 6.51. The molecule has 4 nitrogen and oxygen atoms in total. The van der Waals surface area contributed by atoms with E-state index in [0.29, 0.717) is 16.4 Å². The predicted molar refractivity (Wildman–Crippen MR) is 74.3 cm³/mol. The van der Waals surface area contributed by atoms with E-state index in [4.69, 9.17) is 0 Å². The first-order chi connectivity index (χ1) is 8.01. The van der Waals surface area contributed by atoms with Gasteiger partial charge in [-0.3, -0.25) is 4.79 Å². The van der Waals surface area contributed by atoms with Crippen molar-refractivity contribution in [1.29, 1.82) is 0 Å². The summed E-state index contributed by atoms with van der Waals surface area (Å²) in [4.78, 5) is 11.7. The fourth-order valence-corrected chi connectivity index (χ4v) is 2.44. The lowest BCUT2D eigenvalue weighted by atomic mass is 9.95. The van der Waals surface area contributed by atoms with Gasteiger partial charge in [-0.05, 0) is 28.8 Å². The quantitative estimate of drug-likeness (QED) is 0.910. The highest BCUT2D eigenvalue weighted by atomic mass is 79.9. The molecule has 1 unspecified atom stereocenters. The second kappa shape index (κ2) is 6.19. The molecule has 0 aliphatic rings. The fourth-order valence-electron chi connectivity index (χ4n) is 1.97. The number of nitrogens with one attached hydrogen (secondary N) is 1. The third-order valence-electron chi connectivity index (χ3n) is 3.22. The van der Waals surface area contributed by atoms with Crippen molar-refractivity contribution in [3.63, 3.8) is 0 Å². The highest BCUT2D eigenvalue weighted by Gasteiger charge is 2.15. The zero-order chi connectivity index (χ0) is 13.0. The van der Waals surface area contributed by atoms with Gasteiger partial charge in [-0.15, -0.1) is 0 Å². The van der Waals surface area contributed by atoms with Gasteiger partial charge in [-0.2, -0.15) is 5.10 Å². The molecule has 0 fully saturated rings. The van der Waals surface area contributed by atoms with Crippen molar-refractivity contribution in [2.75, 3.05) is 5.32 Å². The van der Waals surface area contributed by atoms with Crippen LogP contribution in [0.15, 0.2) is 15.5 Å². The van der Waals surface area contributed by atoms with E-state index in [9.17, 15) is 4.79 Å². The first kappa shape index (κ1) is 14.2. The normalized spacial score (nSPS) is 12.8. The molecule has 1 N–H and O–H groups in total. The summed E-state index contributed by atoms with van der Waals surface area (Å²) in [5.74, 6) is 0.603. The van der Waals surface area contributed by atoms with Crippen LogP contribution in [0.2, 0.25) is 0 Å². The van der Waals surface area contributed by atoms with E-state index in [0.717, 1.165) is 18.5 Å². The Morgan fingerprint density at radius 2 is 2.06 bits per heavy atom. The van der Waals surface area contributed by atoms with Crippen molar-refractivity contribution in [2.45, 2.75) is 39.7 Å². The van der Waals surface area contributed by atoms with Crippen molar-refractivity contribution in [1.82, 2.24) is 9.78 Å². The topological polar surface area (TPSA) is 46.9 Å². The van der Waals surface area contributed by atoms with Crippen LogP contribution in [-0.4, -0.2) is 15.8 Å². The maximum absolute atomic E-state index is 11.7. The van der Waals surface area contributed by atoms with Crippen molar-refractivity contribution >= 4 is 21.6 Å². The number of aromatic nitrogens is 2. The van der Waals surface area contributed by atoms with Crippen LogP contribution in [-0.2, 0) is 7.05 Å². The maximum atomic E-state index is 11.7. The SMILES string of the molecule is CCC(CC)C(C)Nc1cnn(C)c(=O)c1Br. The van der Waals surface area contributed by atoms with Crippen molar-refractivity contribution in [3.05, 3.63) is 21.0 Å². The van der Waals surface area contributed by atoms with E-state index in [2.05, 4.69) is 47.1 Å². The lowest BCUT2D eigenvalue weighted by Gasteiger charge is -2.23. The average molecular weight is 302 g/mol. The molecule has 0 aliphatic heterocycles. The Labute approximate surface area is 111 Å². The molecule has 0 bridgehead atoms. The van der Waals surface area contributed by atoms with Gasteiger partial charge in [0.2, 0.25) is 0 Å². The summed E-state index contributed by atoms with van der Waals surface area (Å²) in [5.41, 5.74) is 0.652. The van der Waals surface area contributed by atoms with Gasteiger partial charge in [0.1, 0.15) is 4.47 Å². The van der Waals surface area contributed by atoms with Crippen LogP contribution in [0, 0.1) is 5.92 Å². The van der Waals surface area contributed by atoms with Crippen LogP contribution >= 0.6 is 15.9 Å². The Balaban J connectivity index is 2.89. The van der Waals surface area contributed by atoms with Crippen molar-refractivity contribution < 1.29 is 0 Å². The fraction of sp³-hybridized carbons (Fsp3) is 0.667. The predicted octanol–water partition coefficient (Wildman–Crippen LogP) is 2.78. The second-order valence-electron chi connectivity index (χ2n) is 4.31.